The van der Waals surface area contributed by atoms with Gasteiger partial charge in [0.2, 0.25) is 15.9 Å². The molecular formula is C25H36N4O3S2. The highest BCUT2D eigenvalue weighted by molar-refractivity contribution is 8.00. The minimum atomic E-state index is -3.48. The van der Waals surface area contributed by atoms with Crippen molar-refractivity contribution in [2.45, 2.75) is 93.5 Å². The largest absolute Gasteiger partial charge is 0.325 e. The lowest BCUT2D eigenvalue weighted by Gasteiger charge is -2.26. The van der Waals surface area contributed by atoms with Crippen LogP contribution in [0.3, 0.4) is 0 Å². The summed E-state index contributed by atoms with van der Waals surface area (Å²) in [5.74, 6) is -0.120. The highest BCUT2D eigenvalue weighted by Crippen LogP contribution is 2.35. The first-order valence-electron chi connectivity index (χ1n) is 12.4. The maximum Gasteiger partial charge on any atom is 0.243 e. The standard InChI is InChI=1S/C25H36N4O3S2/c1-18-19(2)29(22-10-6-4-7-11-22)25(26-18)33-20(3)24(30)27-21-12-14-23(15-13-21)34(31,32)28-16-8-5-9-17-28/h12-15,20,22H,4-11,16-17H2,1-3H3,(H,27,30)/t20-/m0/s1. The molecule has 2 heterocycles. The number of benzene rings is 1. The summed E-state index contributed by atoms with van der Waals surface area (Å²) in [5, 5.41) is 3.51. The number of hydrogen-bond acceptors (Lipinski definition) is 5. The van der Waals surface area contributed by atoms with Crippen LogP contribution in [0.5, 0.6) is 0 Å². The van der Waals surface area contributed by atoms with Crippen LogP contribution in [0.2, 0.25) is 0 Å². The Balaban J connectivity index is 1.41. The lowest BCUT2D eigenvalue weighted by Crippen LogP contribution is -2.35. The first-order chi connectivity index (χ1) is 16.3. The minimum absolute atomic E-state index is 0.120. The average molecular weight is 505 g/mol. The summed E-state index contributed by atoms with van der Waals surface area (Å²) in [5.41, 5.74) is 2.80. The van der Waals surface area contributed by atoms with Crippen molar-refractivity contribution >= 4 is 33.4 Å². The predicted octanol–water partition coefficient (Wildman–Crippen LogP) is 5.30. The van der Waals surface area contributed by atoms with E-state index < -0.39 is 10.0 Å². The average Bonchev–Trinajstić information content (AvgIpc) is 3.13. The number of sulfonamides is 1. The van der Waals surface area contributed by atoms with Crippen LogP contribution in [0.25, 0.3) is 0 Å². The van der Waals surface area contributed by atoms with Crippen LogP contribution in [-0.4, -0.2) is 46.5 Å². The van der Waals surface area contributed by atoms with E-state index in [1.807, 2.05) is 13.8 Å². The van der Waals surface area contributed by atoms with E-state index in [1.54, 1.807) is 28.6 Å². The fourth-order valence-electron chi connectivity index (χ4n) is 4.87. The summed E-state index contributed by atoms with van der Waals surface area (Å²) in [6.07, 6.45) is 8.99. The topological polar surface area (TPSA) is 84.3 Å². The van der Waals surface area contributed by atoms with Crippen LogP contribution in [0.15, 0.2) is 34.3 Å². The molecule has 0 bridgehead atoms. The van der Waals surface area contributed by atoms with Gasteiger partial charge in [-0.25, -0.2) is 13.4 Å². The van der Waals surface area contributed by atoms with Crippen molar-refractivity contribution < 1.29 is 13.2 Å². The monoisotopic (exact) mass is 504 g/mol. The number of rotatable bonds is 7. The molecule has 1 amide bonds. The lowest BCUT2D eigenvalue weighted by atomic mass is 9.95. The molecule has 2 aromatic rings. The smallest absolute Gasteiger partial charge is 0.243 e. The Morgan fingerprint density at radius 1 is 1.03 bits per heavy atom. The van der Waals surface area contributed by atoms with Crippen LogP contribution < -0.4 is 5.32 Å². The Morgan fingerprint density at radius 2 is 1.65 bits per heavy atom. The van der Waals surface area contributed by atoms with Gasteiger partial charge in [-0.05, 0) is 70.7 Å². The Kier molecular flexibility index (Phi) is 8.05. The van der Waals surface area contributed by atoms with E-state index in [-0.39, 0.29) is 16.1 Å². The molecular weight excluding hydrogens is 468 g/mol. The Labute approximate surface area is 207 Å². The van der Waals surface area contributed by atoms with Gasteiger partial charge < -0.3 is 9.88 Å². The fourth-order valence-corrected chi connectivity index (χ4v) is 7.46. The molecule has 1 saturated heterocycles. The summed E-state index contributed by atoms with van der Waals surface area (Å²) < 4.78 is 29.6. The van der Waals surface area contributed by atoms with E-state index in [4.69, 9.17) is 4.98 Å². The molecule has 1 aliphatic carbocycles. The van der Waals surface area contributed by atoms with Gasteiger partial charge in [0.15, 0.2) is 5.16 Å². The zero-order valence-electron chi connectivity index (χ0n) is 20.4. The summed E-state index contributed by atoms with van der Waals surface area (Å²) in [7, 11) is -3.48. The molecule has 4 rings (SSSR count). The molecule has 1 aliphatic heterocycles. The second-order valence-electron chi connectivity index (χ2n) is 9.47. The normalized spacial score (nSPS) is 19.1. The summed E-state index contributed by atoms with van der Waals surface area (Å²) in [6.45, 7) is 7.18. The van der Waals surface area contributed by atoms with Gasteiger partial charge in [-0.15, -0.1) is 0 Å². The number of nitrogens with zero attached hydrogens (tertiary/aromatic N) is 3. The van der Waals surface area contributed by atoms with E-state index in [2.05, 4.69) is 16.8 Å². The van der Waals surface area contributed by atoms with E-state index in [9.17, 15) is 13.2 Å². The van der Waals surface area contributed by atoms with Gasteiger partial charge in [-0.3, -0.25) is 4.79 Å². The minimum Gasteiger partial charge on any atom is -0.325 e. The molecule has 0 unspecified atom stereocenters. The third-order valence-electron chi connectivity index (χ3n) is 7.02. The van der Waals surface area contributed by atoms with Crippen molar-refractivity contribution in [2.75, 3.05) is 18.4 Å². The number of piperidine rings is 1. The number of nitrogens with one attached hydrogen (secondary N) is 1. The third-order valence-corrected chi connectivity index (χ3v) is 10.00. The van der Waals surface area contributed by atoms with Crippen LogP contribution in [0, 0.1) is 13.8 Å². The van der Waals surface area contributed by atoms with Crippen LogP contribution >= 0.6 is 11.8 Å². The first-order valence-corrected chi connectivity index (χ1v) is 14.7. The molecule has 34 heavy (non-hydrogen) atoms. The van der Waals surface area contributed by atoms with Crippen LogP contribution in [-0.2, 0) is 14.8 Å². The Bertz CT molecular complexity index is 1100. The van der Waals surface area contributed by atoms with E-state index in [0.29, 0.717) is 24.8 Å². The zero-order valence-corrected chi connectivity index (χ0v) is 22.1. The number of carbonyl (C=O) groups excluding carboxylic acids is 1. The van der Waals surface area contributed by atoms with E-state index >= 15 is 0 Å². The fraction of sp³-hybridized carbons (Fsp3) is 0.600. The van der Waals surface area contributed by atoms with Gasteiger partial charge in [0, 0.05) is 30.5 Å². The number of aromatic nitrogens is 2. The van der Waals surface area contributed by atoms with Crippen molar-refractivity contribution in [1.82, 2.24) is 13.9 Å². The number of amides is 1. The van der Waals surface area contributed by atoms with Crippen molar-refractivity contribution in [1.29, 1.82) is 0 Å². The van der Waals surface area contributed by atoms with Gasteiger partial charge in [-0.2, -0.15) is 4.31 Å². The summed E-state index contributed by atoms with van der Waals surface area (Å²) in [4.78, 5) is 18.0. The van der Waals surface area contributed by atoms with Crippen molar-refractivity contribution in [3.05, 3.63) is 35.7 Å². The molecule has 1 atom stereocenters. The van der Waals surface area contributed by atoms with Gasteiger partial charge in [0.25, 0.3) is 0 Å². The van der Waals surface area contributed by atoms with Gasteiger partial charge in [0.05, 0.1) is 15.8 Å². The Morgan fingerprint density at radius 3 is 2.29 bits per heavy atom. The molecule has 9 heteroatoms. The van der Waals surface area contributed by atoms with Crippen molar-refractivity contribution in [3.63, 3.8) is 0 Å². The molecule has 1 N–H and O–H groups in total. The molecule has 1 aromatic heterocycles. The van der Waals surface area contributed by atoms with Gasteiger partial charge in [0.1, 0.15) is 0 Å². The number of anilines is 1. The number of imidazole rings is 1. The number of carbonyl (C=O) groups is 1. The predicted molar refractivity (Wildman–Crippen MR) is 137 cm³/mol. The first kappa shape index (κ1) is 25.3. The second-order valence-corrected chi connectivity index (χ2v) is 12.7. The molecule has 7 nitrogen and oxygen atoms in total. The molecule has 2 aliphatic rings. The molecule has 1 aromatic carbocycles. The van der Waals surface area contributed by atoms with E-state index in [1.165, 1.54) is 36.7 Å². The maximum absolute atomic E-state index is 12.9. The molecule has 0 spiro atoms. The molecule has 1 saturated carbocycles. The van der Waals surface area contributed by atoms with Crippen LogP contribution in [0.4, 0.5) is 5.69 Å². The molecule has 2 fully saturated rings. The van der Waals surface area contributed by atoms with Gasteiger partial charge >= 0.3 is 0 Å². The quantitative estimate of drug-likeness (QED) is 0.517. The third kappa shape index (κ3) is 5.52. The Hall–Kier alpha value is -1.84. The highest BCUT2D eigenvalue weighted by atomic mass is 32.2. The van der Waals surface area contributed by atoms with Crippen LogP contribution in [0.1, 0.15) is 75.7 Å². The lowest BCUT2D eigenvalue weighted by molar-refractivity contribution is -0.115. The molecule has 0 radical (unpaired) electrons. The van der Waals surface area contributed by atoms with E-state index in [0.717, 1.165) is 43.0 Å². The number of thioether (sulfide) groups is 1. The second kappa shape index (κ2) is 10.8. The van der Waals surface area contributed by atoms with Gasteiger partial charge in [-0.1, -0.05) is 37.4 Å². The maximum atomic E-state index is 12.9. The summed E-state index contributed by atoms with van der Waals surface area (Å²) >= 11 is 1.49. The number of hydrogen-bond donors (Lipinski definition) is 1. The summed E-state index contributed by atoms with van der Waals surface area (Å²) in [6, 6.07) is 6.97. The zero-order chi connectivity index (χ0) is 24.3. The number of aryl methyl sites for hydroxylation is 1. The molecule has 186 valence electrons. The highest BCUT2D eigenvalue weighted by Gasteiger charge is 2.27. The van der Waals surface area contributed by atoms with Crippen molar-refractivity contribution in [2.24, 2.45) is 0 Å². The SMILES string of the molecule is Cc1nc(S[C@@H](C)C(=O)Nc2ccc(S(=O)(=O)N3CCCCC3)cc2)n(C2CCCCC2)c1C. The van der Waals surface area contributed by atoms with Crippen molar-refractivity contribution in [3.8, 4) is 0 Å².